The maximum absolute atomic E-state index is 12.7. The van der Waals surface area contributed by atoms with Gasteiger partial charge in [0.05, 0.1) is 5.69 Å². The molecule has 3 aromatic carbocycles. The monoisotopic (exact) mass is 523 g/mol. The number of carbonyl (C=O) groups excluding carboxylic acids is 2. The summed E-state index contributed by atoms with van der Waals surface area (Å²) in [5.41, 5.74) is 3.91. The fourth-order valence-corrected chi connectivity index (χ4v) is 3.70. The molecule has 0 amide bonds. The summed E-state index contributed by atoms with van der Waals surface area (Å²) in [5.74, 6) is -0.806. The fraction of sp³-hybridized carbons (Fsp3) is 0.120. The van der Waals surface area contributed by atoms with Crippen molar-refractivity contribution in [3.05, 3.63) is 98.7 Å². The molecule has 1 heterocycles. The Labute approximate surface area is 204 Å². The van der Waals surface area contributed by atoms with Gasteiger partial charge >= 0.3 is 5.97 Å². The Morgan fingerprint density at radius 3 is 2.52 bits per heavy atom. The first-order valence-corrected chi connectivity index (χ1v) is 11.3. The van der Waals surface area contributed by atoms with Gasteiger partial charge in [0.25, 0.3) is 5.82 Å². The number of carbonyl (C=O) groups is 2. The van der Waals surface area contributed by atoms with Crippen molar-refractivity contribution in [1.29, 1.82) is 0 Å². The van der Waals surface area contributed by atoms with Crippen LogP contribution in [0, 0.1) is 13.8 Å². The van der Waals surface area contributed by atoms with E-state index < -0.39 is 12.6 Å². The molecule has 0 saturated heterocycles. The minimum absolute atomic E-state index is 0.144. The van der Waals surface area contributed by atoms with Crippen LogP contribution in [-0.2, 0) is 4.74 Å². The zero-order valence-electron chi connectivity index (χ0n) is 17.9. The van der Waals surface area contributed by atoms with Crippen LogP contribution in [0.25, 0.3) is 17.1 Å². The summed E-state index contributed by atoms with van der Waals surface area (Å²) in [6.07, 6.45) is 0. The maximum atomic E-state index is 12.7. The van der Waals surface area contributed by atoms with Gasteiger partial charge in [0.2, 0.25) is 0 Å². The van der Waals surface area contributed by atoms with E-state index in [1.807, 2.05) is 38.1 Å². The highest BCUT2D eigenvalue weighted by Crippen LogP contribution is 2.26. The number of halogens is 2. The first-order chi connectivity index (χ1) is 15.8. The van der Waals surface area contributed by atoms with E-state index in [1.54, 1.807) is 47.1 Å². The first-order valence-electron chi connectivity index (χ1n) is 10.1. The Morgan fingerprint density at radius 1 is 1.03 bits per heavy atom. The van der Waals surface area contributed by atoms with Gasteiger partial charge < -0.3 is 4.74 Å². The second-order valence-corrected chi connectivity index (χ2v) is 8.83. The second-order valence-electron chi connectivity index (χ2n) is 7.48. The van der Waals surface area contributed by atoms with Gasteiger partial charge in [-0.3, -0.25) is 4.79 Å². The molecule has 0 N–H and O–H groups in total. The van der Waals surface area contributed by atoms with Crippen LogP contribution in [0.5, 0.6) is 0 Å². The molecule has 166 valence electrons. The Hall–Kier alpha value is -3.29. The molecule has 0 radical (unpaired) electrons. The second kappa shape index (κ2) is 9.68. The molecule has 0 unspecified atom stereocenters. The lowest BCUT2D eigenvalue weighted by Crippen LogP contribution is -2.15. The van der Waals surface area contributed by atoms with Crippen LogP contribution < -0.4 is 0 Å². The average Bonchev–Trinajstić information content (AvgIpc) is 3.25. The smallest absolute Gasteiger partial charge is 0.378 e. The molecular formula is C25H19BrClN3O3. The van der Waals surface area contributed by atoms with E-state index in [9.17, 15) is 9.59 Å². The Morgan fingerprint density at radius 2 is 1.79 bits per heavy atom. The van der Waals surface area contributed by atoms with Gasteiger partial charge in [0.1, 0.15) is 0 Å². The van der Waals surface area contributed by atoms with Crippen molar-refractivity contribution >= 4 is 39.3 Å². The molecule has 4 rings (SSSR count). The molecule has 1 aromatic heterocycles. The van der Waals surface area contributed by atoms with E-state index in [2.05, 4.69) is 26.0 Å². The summed E-state index contributed by atoms with van der Waals surface area (Å²) in [4.78, 5) is 29.5. The molecular weight excluding hydrogens is 506 g/mol. The SMILES string of the molecule is Cc1ccc(C)c(-n2nc(C(=O)OCC(=O)c3ccc(Br)cc3)nc2-c2cccc(Cl)c2)c1. The largest absolute Gasteiger partial charge is 0.451 e. The number of benzene rings is 3. The van der Waals surface area contributed by atoms with Crippen LogP contribution in [0.4, 0.5) is 0 Å². The number of hydrogen-bond acceptors (Lipinski definition) is 5. The van der Waals surface area contributed by atoms with Crippen molar-refractivity contribution in [3.63, 3.8) is 0 Å². The third-order valence-corrected chi connectivity index (χ3v) is 5.73. The summed E-state index contributed by atoms with van der Waals surface area (Å²) >= 11 is 9.51. The quantitative estimate of drug-likeness (QED) is 0.228. The van der Waals surface area contributed by atoms with Crippen LogP contribution in [0.1, 0.15) is 32.1 Å². The lowest BCUT2D eigenvalue weighted by Gasteiger charge is -2.10. The van der Waals surface area contributed by atoms with E-state index in [-0.39, 0.29) is 11.6 Å². The minimum Gasteiger partial charge on any atom is -0.451 e. The number of ketones is 1. The number of ether oxygens (including phenoxy) is 1. The topological polar surface area (TPSA) is 74.1 Å². The standard InChI is InChI=1S/C25H19BrClN3O3/c1-15-6-7-16(2)21(12-15)30-24(18-4-3-5-20(27)13-18)28-23(29-30)25(32)33-14-22(31)17-8-10-19(26)11-9-17/h3-13H,14H2,1-2H3. The van der Waals surface area contributed by atoms with Gasteiger partial charge in [-0.1, -0.05) is 63.9 Å². The number of nitrogens with zero attached hydrogens (tertiary/aromatic N) is 3. The number of Topliss-reactive ketones (excluding diaryl/α,β-unsaturated/α-hetero) is 1. The van der Waals surface area contributed by atoms with E-state index in [1.165, 1.54) is 0 Å². The molecule has 8 heteroatoms. The normalized spacial score (nSPS) is 10.8. The molecule has 0 saturated carbocycles. The van der Waals surface area contributed by atoms with E-state index in [0.717, 1.165) is 21.3 Å². The van der Waals surface area contributed by atoms with Gasteiger partial charge in [0, 0.05) is 20.6 Å². The zero-order valence-corrected chi connectivity index (χ0v) is 20.2. The van der Waals surface area contributed by atoms with Crippen molar-refractivity contribution in [2.45, 2.75) is 13.8 Å². The summed E-state index contributed by atoms with van der Waals surface area (Å²) in [5, 5.41) is 4.96. The fourth-order valence-electron chi connectivity index (χ4n) is 3.24. The molecule has 6 nitrogen and oxygen atoms in total. The highest BCUT2D eigenvalue weighted by Gasteiger charge is 2.22. The predicted octanol–water partition coefficient (Wildman–Crippen LogP) is 6.01. The van der Waals surface area contributed by atoms with E-state index >= 15 is 0 Å². The van der Waals surface area contributed by atoms with Crippen molar-refractivity contribution in [2.75, 3.05) is 6.61 Å². The van der Waals surface area contributed by atoms with Crippen molar-refractivity contribution in [3.8, 4) is 17.1 Å². The van der Waals surface area contributed by atoms with Crippen molar-refractivity contribution in [1.82, 2.24) is 14.8 Å². The van der Waals surface area contributed by atoms with Gasteiger partial charge in [-0.05, 0) is 55.3 Å². The third kappa shape index (κ3) is 5.21. The molecule has 0 aliphatic rings. The molecule has 0 aliphatic heterocycles. The van der Waals surface area contributed by atoms with Crippen molar-refractivity contribution < 1.29 is 14.3 Å². The number of hydrogen-bond donors (Lipinski definition) is 0. The lowest BCUT2D eigenvalue weighted by molar-refractivity contribution is 0.0462. The Balaban J connectivity index is 1.66. The maximum Gasteiger partial charge on any atom is 0.378 e. The molecule has 4 aromatic rings. The minimum atomic E-state index is -0.784. The van der Waals surface area contributed by atoms with Crippen LogP contribution in [0.3, 0.4) is 0 Å². The lowest BCUT2D eigenvalue weighted by atomic mass is 10.1. The van der Waals surface area contributed by atoms with Crippen LogP contribution >= 0.6 is 27.5 Å². The highest BCUT2D eigenvalue weighted by atomic mass is 79.9. The van der Waals surface area contributed by atoms with E-state index in [0.29, 0.717) is 22.0 Å². The Bertz CT molecular complexity index is 1350. The molecule has 33 heavy (non-hydrogen) atoms. The first kappa shape index (κ1) is 22.9. The summed E-state index contributed by atoms with van der Waals surface area (Å²) in [6, 6.07) is 19.9. The van der Waals surface area contributed by atoms with Crippen LogP contribution in [0.2, 0.25) is 5.02 Å². The number of esters is 1. The number of aryl methyl sites for hydroxylation is 2. The molecule has 0 bridgehead atoms. The Kier molecular flexibility index (Phi) is 6.72. The van der Waals surface area contributed by atoms with Crippen LogP contribution in [-0.4, -0.2) is 33.1 Å². The molecule has 0 spiro atoms. The van der Waals surface area contributed by atoms with Gasteiger partial charge in [-0.2, -0.15) is 0 Å². The molecule has 0 atom stereocenters. The molecule has 0 fully saturated rings. The average molecular weight is 525 g/mol. The summed E-state index contributed by atoms with van der Waals surface area (Å²) in [6.45, 7) is 3.51. The van der Waals surface area contributed by atoms with E-state index in [4.69, 9.17) is 16.3 Å². The number of rotatable bonds is 6. The highest BCUT2D eigenvalue weighted by molar-refractivity contribution is 9.10. The zero-order chi connectivity index (χ0) is 23.5. The summed E-state index contributed by atoms with van der Waals surface area (Å²) in [7, 11) is 0. The van der Waals surface area contributed by atoms with Crippen LogP contribution in [0.15, 0.2) is 71.2 Å². The third-order valence-electron chi connectivity index (χ3n) is 4.97. The van der Waals surface area contributed by atoms with Gasteiger partial charge in [-0.25, -0.2) is 14.5 Å². The van der Waals surface area contributed by atoms with Gasteiger partial charge in [-0.15, -0.1) is 5.10 Å². The van der Waals surface area contributed by atoms with Crippen molar-refractivity contribution in [2.24, 2.45) is 0 Å². The summed E-state index contributed by atoms with van der Waals surface area (Å²) < 4.78 is 7.68. The number of aromatic nitrogens is 3. The molecule has 0 aliphatic carbocycles. The predicted molar refractivity (Wildman–Crippen MR) is 130 cm³/mol. The van der Waals surface area contributed by atoms with Gasteiger partial charge in [0.15, 0.2) is 18.2 Å².